The van der Waals surface area contributed by atoms with Gasteiger partial charge in [0.25, 0.3) is 6.43 Å². The van der Waals surface area contributed by atoms with Crippen molar-refractivity contribution < 1.29 is 18.3 Å². The summed E-state index contributed by atoms with van der Waals surface area (Å²) in [6.07, 6.45) is -2.48. The van der Waals surface area contributed by atoms with Crippen molar-refractivity contribution in [2.45, 2.75) is 26.3 Å². The molecule has 1 aromatic rings. The number of rotatable bonds is 5. The molecule has 1 aromatic carbocycles. The average Bonchev–Trinajstić information content (AvgIpc) is 2.26. The van der Waals surface area contributed by atoms with Gasteiger partial charge in [-0.2, -0.15) is 0 Å². The minimum atomic E-state index is -2.48. The molecular formula is C12H15F2NO2. The lowest BCUT2D eigenvalue weighted by Crippen LogP contribution is -2.23. The first-order chi connectivity index (χ1) is 7.99. The average molecular weight is 243 g/mol. The number of alkyl halides is 2. The van der Waals surface area contributed by atoms with Crippen LogP contribution in [-0.2, 0) is 4.79 Å². The molecule has 0 saturated carbocycles. The molecule has 0 aliphatic rings. The monoisotopic (exact) mass is 243 g/mol. The van der Waals surface area contributed by atoms with Gasteiger partial charge in [-0.3, -0.25) is 4.79 Å². The van der Waals surface area contributed by atoms with E-state index in [2.05, 4.69) is 5.32 Å². The van der Waals surface area contributed by atoms with Gasteiger partial charge < -0.3 is 10.1 Å². The molecular weight excluding hydrogens is 228 g/mol. The van der Waals surface area contributed by atoms with Gasteiger partial charge in [-0.15, -0.1) is 0 Å². The van der Waals surface area contributed by atoms with Crippen molar-refractivity contribution in [2.24, 2.45) is 0 Å². The molecule has 0 fully saturated rings. The third kappa shape index (κ3) is 4.80. The molecule has 3 nitrogen and oxygen atoms in total. The van der Waals surface area contributed by atoms with E-state index in [-0.39, 0.29) is 11.9 Å². The second kappa shape index (κ2) is 6.18. The maximum Gasteiger partial charge on any atom is 0.272 e. The minimum Gasteiger partial charge on any atom is -0.488 e. The Balaban J connectivity index is 2.58. The Morgan fingerprint density at radius 2 is 1.94 bits per heavy atom. The van der Waals surface area contributed by atoms with E-state index in [1.165, 1.54) is 6.92 Å². The molecule has 0 aliphatic heterocycles. The van der Waals surface area contributed by atoms with Crippen LogP contribution in [0.1, 0.15) is 25.5 Å². The van der Waals surface area contributed by atoms with E-state index in [4.69, 9.17) is 4.74 Å². The molecule has 1 rings (SSSR count). The van der Waals surface area contributed by atoms with Gasteiger partial charge >= 0.3 is 0 Å². The van der Waals surface area contributed by atoms with E-state index in [0.717, 1.165) is 5.56 Å². The molecule has 0 saturated heterocycles. The second-order valence-electron chi connectivity index (χ2n) is 3.69. The zero-order valence-electron chi connectivity index (χ0n) is 9.74. The molecule has 94 valence electrons. The van der Waals surface area contributed by atoms with Crippen LogP contribution < -0.4 is 10.1 Å². The number of amides is 1. The van der Waals surface area contributed by atoms with Crippen LogP contribution in [0.4, 0.5) is 8.78 Å². The molecule has 0 aliphatic carbocycles. The first kappa shape index (κ1) is 13.4. The third-order valence-corrected chi connectivity index (χ3v) is 2.18. The van der Waals surface area contributed by atoms with Gasteiger partial charge in [-0.1, -0.05) is 12.1 Å². The molecule has 0 aromatic heterocycles. The fourth-order valence-electron chi connectivity index (χ4n) is 1.40. The molecule has 0 bridgehead atoms. The highest BCUT2D eigenvalue weighted by atomic mass is 19.3. The summed E-state index contributed by atoms with van der Waals surface area (Å²) in [6.45, 7) is 2.67. The molecule has 1 N–H and O–H groups in total. The lowest BCUT2D eigenvalue weighted by Gasteiger charge is -2.13. The summed E-state index contributed by atoms with van der Waals surface area (Å²) < 4.78 is 28.6. The van der Waals surface area contributed by atoms with E-state index in [1.807, 2.05) is 6.92 Å². The Kier molecular flexibility index (Phi) is 4.87. The Morgan fingerprint density at radius 3 is 2.41 bits per heavy atom. The predicted octanol–water partition coefficient (Wildman–Crippen LogP) is 2.53. The quantitative estimate of drug-likeness (QED) is 0.863. The first-order valence-electron chi connectivity index (χ1n) is 5.27. The number of ether oxygens (including phenoxy) is 1. The van der Waals surface area contributed by atoms with Gasteiger partial charge in [0.2, 0.25) is 5.91 Å². The standard InChI is InChI=1S/C12H15F2NO2/c1-8(15-9(2)16)10-3-5-11(6-4-10)17-7-12(13)14/h3-6,8,12H,7H2,1-2H3,(H,15,16). The number of halogens is 2. The largest absolute Gasteiger partial charge is 0.488 e. The normalized spacial score (nSPS) is 12.3. The van der Waals surface area contributed by atoms with Gasteiger partial charge in [-0.25, -0.2) is 8.78 Å². The van der Waals surface area contributed by atoms with Crippen molar-refractivity contribution in [2.75, 3.05) is 6.61 Å². The maximum absolute atomic E-state index is 11.9. The van der Waals surface area contributed by atoms with Crippen LogP contribution in [0.2, 0.25) is 0 Å². The lowest BCUT2D eigenvalue weighted by atomic mass is 10.1. The SMILES string of the molecule is CC(=O)NC(C)c1ccc(OCC(F)F)cc1. The van der Waals surface area contributed by atoms with Crippen molar-refractivity contribution in [3.05, 3.63) is 29.8 Å². The molecule has 0 spiro atoms. The van der Waals surface area contributed by atoms with E-state index < -0.39 is 13.0 Å². The van der Waals surface area contributed by atoms with Gasteiger partial charge in [0.05, 0.1) is 6.04 Å². The Labute approximate surface area is 98.8 Å². The van der Waals surface area contributed by atoms with Gasteiger partial charge in [0, 0.05) is 6.92 Å². The number of benzene rings is 1. The number of carbonyl (C=O) groups excluding carboxylic acids is 1. The zero-order valence-corrected chi connectivity index (χ0v) is 9.74. The van der Waals surface area contributed by atoms with E-state index in [0.29, 0.717) is 5.75 Å². The summed E-state index contributed by atoms with van der Waals surface area (Å²) in [5.41, 5.74) is 0.893. The van der Waals surface area contributed by atoms with Crippen LogP contribution in [0.25, 0.3) is 0 Å². The van der Waals surface area contributed by atoms with Crippen molar-refractivity contribution in [1.82, 2.24) is 5.32 Å². The van der Waals surface area contributed by atoms with Crippen molar-refractivity contribution in [3.8, 4) is 5.75 Å². The smallest absolute Gasteiger partial charge is 0.272 e. The van der Waals surface area contributed by atoms with Crippen molar-refractivity contribution in [1.29, 1.82) is 0 Å². The lowest BCUT2D eigenvalue weighted by molar-refractivity contribution is -0.119. The van der Waals surface area contributed by atoms with E-state index in [1.54, 1.807) is 24.3 Å². The molecule has 1 amide bonds. The Hall–Kier alpha value is -1.65. The predicted molar refractivity (Wildman–Crippen MR) is 60.2 cm³/mol. The summed E-state index contributed by atoms with van der Waals surface area (Å²) in [5, 5.41) is 2.73. The molecule has 5 heteroatoms. The highest BCUT2D eigenvalue weighted by molar-refractivity contribution is 5.73. The summed E-state index contributed by atoms with van der Waals surface area (Å²) in [5.74, 6) is 0.277. The number of hydrogen-bond donors (Lipinski definition) is 1. The van der Waals surface area contributed by atoms with Crippen molar-refractivity contribution in [3.63, 3.8) is 0 Å². The van der Waals surface area contributed by atoms with E-state index in [9.17, 15) is 13.6 Å². The van der Waals surface area contributed by atoms with Crippen LogP contribution in [-0.4, -0.2) is 18.9 Å². The van der Waals surface area contributed by atoms with Crippen LogP contribution in [0.3, 0.4) is 0 Å². The molecule has 0 radical (unpaired) electrons. The Bertz CT molecular complexity index is 365. The number of hydrogen-bond acceptors (Lipinski definition) is 2. The topological polar surface area (TPSA) is 38.3 Å². The highest BCUT2D eigenvalue weighted by Crippen LogP contribution is 2.17. The summed E-state index contributed by atoms with van der Waals surface area (Å²) in [6, 6.07) is 6.58. The highest BCUT2D eigenvalue weighted by Gasteiger charge is 2.07. The van der Waals surface area contributed by atoms with Gasteiger partial charge in [-0.05, 0) is 24.6 Å². The maximum atomic E-state index is 11.9. The Morgan fingerprint density at radius 1 is 1.35 bits per heavy atom. The van der Waals surface area contributed by atoms with Crippen LogP contribution >= 0.6 is 0 Å². The third-order valence-electron chi connectivity index (χ3n) is 2.18. The fraction of sp³-hybridized carbons (Fsp3) is 0.417. The molecule has 0 heterocycles. The summed E-state index contributed by atoms with van der Waals surface area (Å²) >= 11 is 0. The van der Waals surface area contributed by atoms with Crippen LogP contribution in [0.5, 0.6) is 5.75 Å². The molecule has 1 unspecified atom stereocenters. The van der Waals surface area contributed by atoms with Gasteiger partial charge in [0.1, 0.15) is 12.4 Å². The van der Waals surface area contributed by atoms with Crippen molar-refractivity contribution >= 4 is 5.91 Å². The molecule has 17 heavy (non-hydrogen) atoms. The van der Waals surface area contributed by atoms with Crippen LogP contribution in [0, 0.1) is 0 Å². The fourth-order valence-corrected chi connectivity index (χ4v) is 1.40. The second-order valence-corrected chi connectivity index (χ2v) is 3.69. The first-order valence-corrected chi connectivity index (χ1v) is 5.27. The van der Waals surface area contributed by atoms with E-state index >= 15 is 0 Å². The van der Waals surface area contributed by atoms with Crippen LogP contribution in [0.15, 0.2) is 24.3 Å². The minimum absolute atomic E-state index is 0.114. The summed E-state index contributed by atoms with van der Waals surface area (Å²) in [7, 11) is 0. The zero-order chi connectivity index (χ0) is 12.8. The summed E-state index contributed by atoms with van der Waals surface area (Å²) in [4.78, 5) is 10.9. The number of nitrogens with one attached hydrogen (secondary N) is 1. The van der Waals surface area contributed by atoms with Gasteiger partial charge in [0.15, 0.2) is 0 Å². The molecule has 1 atom stereocenters. The number of carbonyl (C=O) groups is 1.